The molecule has 0 bridgehead atoms. The van der Waals surface area contributed by atoms with E-state index in [-0.39, 0.29) is 29.9 Å². The van der Waals surface area contributed by atoms with E-state index in [0.717, 1.165) is 17.2 Å². The molecule has 0 aromatic carbocycles. The Bertz CT molecular complexity index is 706. The second-order valence-corrected chi connectivity index (χ2v) is 6.30. The van der Waals surface area contributed by atoms with Crippen molar-refractivity contribution in [3.05, 3.63) is 39.5 Å². The summed E-state index contributed by atoms with van der Waals surface area (Å²) < 4.78 is 0. The number of halogens is 1. The fraction of sp³-hybridized carbons (Fsp3) is 0.250. The third kappa shape index (κ3) is 6.18. The molecule has 9 nitrogen and oxygen atoms in total. The van der Waals surface area contributed by atoms with Crippen molar-refractivity contribution >= 4 is 45.7 Å². The number of pyridine rings is 1. The number of hydrogen-bond donors (Lipinski definition) is 4. The number of nitrogens with zero attached hydrogens (tertiary/aromatic N) is 3. The Morgan fingerprint density at radius 3 is 3.00 bits per heavy atom. The lowest BCUT2D eigenvalue weighted by Gasteiger charge is -2.04. The van der Waals surface area contributed by atoms with Crippen LogP contribution in [0.4, 0.5) is 16.6 Å². The van der Waals surface area contributed by atoms with E-state index in [0.29, 0.717) is 11.7 Å². The molecule has 24 heavy (non-hydrogen) atoms. The van der Waals surface area contributed by atoms with Gasteiger partial charge in [-0.05, 0) is 6.07 Å². The second kappa shape index (κ2) is 9.90. The minimum Gasteiger partial charge on any atom is -1.00 e. The van der Waals surface area contributed by atoms with Gasteiger partial charge in [0.15, 0.2) is 0 Å². The summed E-state index contributed by atoms with van der Waals surface area (Å²) in [7, 11) is 0. The number of thioether (sulfide) groups is 1. The van der Waals surface area contributed by atoms with Crippen LogP contribution in [0.5, 0.6) is 0 Å². The zero-order valence-electron chi connectivity index (χ0n) is 12.4. The normalized spacial score (nSPS) is 9.83. The number of nitro groups is 1. The fourth-order valence-corrected chi connectivity index (χ4v) is 3.24. The van der Waals surface area contributed by atoms with E-state index >= 15 is 0 Å². The summed E-state index contributed by atoms with van der Waals surface area (Å²) in [6, 6.07) is 2.96. The van der Waals surface area contributed by atoms with Crippen molar-refractivity contribution in [1.82, 2.24) is 9.97 Å². The fourth-order valence-electron chi connectivity index (χ4n) is 1.65. The van der Waals surface area contributed by atoms with Gasteiger partial charge in [-0.15, -0.1) is 4.98 Å². The van der Waals surface area contributed by atoms with Crippen LogP contribution in [-0.2, 0) is 5.75 Å². The van der Waals surface area contributed by atoms with Gasteiger partial charge in [-0.2, -0.15) is 11.8 Å². The average molecular weight is 390 g/mol. The predicted molar refractivity (Wildman–Crippen MR) is 91.7 cm³/mol. The lowest BCUT2D eigenvalue weighted by molar-refractivity contribution is -0.384. The second-order valence-electron chi connectivity index (χ2n) is 4.33. The van der Waals surface area contributed by atoms with E-state index in [9.17, 15) is 10.1 Å². The van der Waals surface area contributed by atoms with Crippen LogP contribution in [0.15, 0.2) is 23.7 Å². The monoisotopic (exact) mass is 389 g/mol. The van der Waals surface area contributed by atoms with Crippen LogP contribution in [0.1, 0.15) is 5.69 Å². The summed E-state index contributed by atoms with van der Waals surface area (Å²) >= 11 is 3.09. The first-order chi connectivity index (χ1) is 11.1. The van der Waals surface area contributed by atoms with E-state index in [1.165, 1.54) is 29.7 Å². The van der Waals surface area contributed by atoms with Gasteiger partial charge in [0.2, 0.25) is 5.82 Å². The summed E-state index contributed by atoms with van der Waals surface area (Å²) in [6.45, 7) is 0.571. The number of hydrogen-bond acceptors (Lipinski definition) is 7. The van der Waals surface area contributed by atoms with Gasteiger partial charge in [0.1, 0.15) is 5.69 Å². The molecule has 0 saturated heterocycles. The van der Waals surface area contributed by atoms with Gasteiger partial charge in [0.05, 0.1) is 4.92 Å². The van der Waals surface area contributed by atoms with Crippen molar-refractivity contribution in [2.45, 2.75) is 5.75 Å². The quantitative estimate of drug-likeness (QED) is 0.121. The maximum Gasteiger partial charge on any atom is 0.311 e. The third-order valence-electron chi connectivity index (χ3n) is 2.57. The molecule has 0 aliphatic heterocycles. The van der Waals surface area contributed by atoms with E-state index in [4.69, 9.17) is 11.5 Å². The molecule has 6 N–H and O–H groups in total. The van der Waals surface area contributed by atoms with E-state index in [1.54, 1.807) is 11.8 Å². The molecule has 130 valence electrons. The van der Waals surface area contributed by atoms with Crippen LogP contribution < -0.4 is 34.2 Å². The number of anilines is 1. The largest absolute Gasteiger partial charge is 1.00 e. The molecule has 0 fully saturated rings. The molecule has 0 spiro atoms. The Morgan fingerprint density at radius 1 is 1.50 bits per heavy atom. The van der Waals surface area contributed by atoms with Crippen LogP contribution in [-0.4, -0.2) is 33.1 Å². The average Bonchev–Trinajstić information content (AvgIpc) is 2.93. The highest BCUT2D eigenvalue weighted by molar-refractivity contribution is 7.98. The van der Waals surface area contributed by atoms with Crippen molar-refractivity contribution in [3.63, 3.8) is 0 Å². The molecular formula is C12H16ClN7O2S2. The van der Waals surface area contributed by atoms with Crippen LogP contribution in [0.25, 0.3) is 0 Å². The Morgan fingerprint density at radius 2 is 2.29 bits per heavy atom. The number of rotatable bonds is 8. The molecule has 2 heterocycles. The zero-order valence-corrected chi connectivity index (χ0v) is 14.8. The first-order valence-electron chi connectivity index (χ1n) is 6.56. The third-order valence-corrected chi connectivity index (χ3v) is 4.37. The first kappa shape index (κ1) is 19.9. The molecule has 2 aromatic rings. The lowest BCUT2D eigenvalue weighted by Crippen LogP contribution is -3.00. The summed E-state index contributed by atoms with van der Waals surface area (Å²) in [5.41, 5.74) is 11.6. The van der Waals surface area contributed by atoms with Crippen LogP contribution >= 0.6 is 23.1 Å². The van der Waals surface area contributed by atoms with Gasteiger partial charge in [-0.1, -0.05) is 11.3 Å². The predicted octanol–water partition coefficient (Wildman–Crippen LogP) is -3.22. The zero-order chi connectivity index (χ0) is 16.7. The van der Waals surface area contributed by atoms with Gasteiger partial charge < -0.3 is 29.2 Å². The highest BCUT2D eigenvalue weighted by Gasteiger charge is 2.13. The molecule has 2 aromatic heterocycles. The minimum absolute atomic E-state index is 0. The van der Waals surface area contributed by atoms with E-state index < -0.39 is 4.92 Å². The number of nitrogens with one attached hydrogen (secondary N) is 2. The minimum atomic E-state index is -0.452. The number of nitrogens with two attached hydrogens (primary N) is 2. The molecule has 0 atom stereocenters. The van der Waals surface area contributed by atoms with Crippen LogP contribution in [0.2, 0.25) is 0 Å². The van der Waals surface area contributed by atoms with Crippen molar-refractivity contribution < 1.29 is 22.3 Å². The van der Waals surface area contributed by atoms with Crippen LogP contribution in [0.3, 0.4) is 0 Å². The van der Waals surface area contributed by atoms with Gasteiger partial charge in [0, 0.05) is 35.7 Å². The standard InChI is InChI=1S/C12H15N7O2S2.ClH/c13-11(14)18-12-17-8(7-23-12)6-22-5-4-16-10-9(19(20)21)2-1-3-15-10;/h1-3,7H,4-6H2,(H,15,16)(H4,13,14,17,18);1H. The molecule has 2 rings (SSSR count). The maximum atomic E-state index is 10.9. The number of aromatic nitrogens is 2. The lowest BCUT2D eigenvalue weighted by atomic mass is 10.4. The summed E-state index contributed by atoms with van der Waals surface area (Å²) in [5.74, 6) is 1.89. The summed E-state index contributed by atoms with van der Waals surface area (Å²) in [6.07, 6.45) is 1.52. The van der Waals surface area contributed by atoms with Crippen molar-refractivity contribution in [1.29, 1.82) is 0 Å². The summed E-state index contributed by atoms with van der Waals surface area (Å²) in [4.78, 5) is 21.5. The molecule has 0 saturated carbocycles. The Kier molecular flexibility index (Phi) is 8.22. The summed E-state index contributed by atoms with van der Waals surface area (Å²) in [5, 5.41) is 16.4. The van der Waals surface area contributed by atoms with Crippen molar-refractivity contribution in [3.8, 4) is 0 Å². The Labute approximate surface area is 152 Å². The molecule has 0 radical (unpaired) electrons. The topological polar surface area (TPSA) is 147 Å². The van der Waals surface area contributed by atoms with Crippen LogP contribution in [0, 0.1) is 10.1 Å². The van der Waals surface area contributed by atoms with E-state index in [1.807, 2.05) is 5.38 Å². The SMILES string of the molecule is NC(N)=[NH+]c1nc(CSCCNc2ncccc2[N+](=O)[O-])cs1.[Cl-]. The molecular weight excluding hydrogens is 374 g/mol. The van der Waals surface area contributed by atoms with Crippen molar-refractivity contribution in [2.75, 3.05) is 17.6 Å². The van der Waals surface area contributed by atoms with Gasteiger partial charge in [-0.25, -0.2) is 9.98 Å². The van der Waals surface area contributed by atoms with Gasteiger partial charge >= 0.3 is 11.6 Å². The molecule has 0 unspecified atom stereocenters. The number of thiazole rings is 1. The molecule has 0 aliphatic carbocycles. The molecule has 0 amide bonds. The number of guanidine groups is 1. The maximum absolute atomic E-state index is 10.9. The Balaban J connectivity index is 0.00000288. The molecule has 0 aliphatic rings. The van der Waals surface area contributed by atoms with E-state index in [2.05, 4.69) is 20.3 Å². The highest BCUT2D eigenvalue weighted by Crippen LogP contribution is 2.20. The van der Waals surface area contributed by atoms with Crippen molar-refractivity contribution in [2.24, 2.45) is 11.5 Å². The Hall–Kier alpha value is -2.11. The molecule has 12 heteroatoms. The van der Waals surface area contributed by atoms with Gasteiger partial charge in [-0.3, -0.25) is 10.1 Å². The highest BCUT2D eigenvalue weighted by atomic mass is 35.5. The first-order valence-corrected chi connectivity index (χ1v) is 8.60. The van der Waals surface area contributed by atoms with Gasteiger partial charge in [0.25, 0.3) is 5.13 Å². The smallest absolute Gasteiger partial charge is 0.311 e.